The molecule has 144 valence electrons. The number of carbonyl (C=O) groups excluding carboxylic acids is 1. The molecule has 0 aliphatic heterocycles. The molecule has 0 aliphatic carbocycles. The van der Waals surface area contributed by atoms with Gasteiger partial charge in [0.15, 0.2) is 11.5 Å². The molecule has 0 saturated carbocycles. The van der Waals surface area contributed by atoms with Crippen LogP contribution in [0.5, 0.6) is 17.2 Å². The Labute approximate surface area is 163 Å². The third-order valence-electron chi connectivity index (χ3n) is 3.78. The molecular formula is C20H24N2O4S. The number of rotatable bonds is 8. The highest BCUT2D eigenvalue weighted by Gasteiger charge is 2.14. The second-order valence-electron chi connectivity index (χ2n) is 5.77. The second kappa shape index (κ2) is 9.87. The molecule has 0 heterocycles. The molecule has 0 spiro atoms. The number of thioether (sulfide) groups is 1. The lowest BCUT2D eigenvalue weighted by Gasteiger charge is -2.12. The standard InChI is InChI=1S/C20H24N2O4S/c1-13-6-8-16(9-7-13)27-14(2)20(23)22-21-12-15-10-17(24-3)19(26-5)18(11-15)25-4/h6-12,14H,1-5H3,(H,22,23)/b21-12-/t14-/m0/s1. The van der Waals surface area contributed by atoms with Crippen molar-refractivity contribution in [3.63, 3.8) is 0 Å². The topological polar surface area (TPSA) is 69.2 Å². The minimum absolute atomic E-state index is 0.177. The van der Waals surface area contributed by atoms with Crippen LogP contribution >= 0.6 is 11.8 Å². The van der Waals surface area contributed by atoms with Crippen LogP contribution in [0.3, 0.4) is 0 Å². The maximum absolute atomic E-state index is 12.2. The number of nitrogens with one attached hydrogen (secondary N) is 1. The lowest BCUT2D eigenvalue weighted by molar-refractivity contribution is -0.120. The van der Waals surface area contributed by atoms with Crippen LogP contribution in [0.1, 0.15) is 18.1 Å². The Morgan fingerprint density at radius 1 is 1.07 bits per heavy atom. The molecule has 0 bridgehead atoms. The average molecular weight is 388 g/mol. The Morgan fingerprint density at radius 3 is 2.19 bits per heavy atom. The fourth-order valence-corrected chi connectivity index (χ4v) is 3.17. The summed E-state index contributed by atoms with van der Waals surface area (Å²) in [6, 6.07) is 11.6. The third kappa shape index (κ3) is 5.65. The van der Waals surface area contributed by atoms with Gasteiger partial charge in [0.1, 0.15) is 0 Å². The van der Waals surface area contributed by atoms with E-state index in [4.69, 9.17) is 14.2 Å². The zero-order chi connectivity index (χ0) is 19.8. The summed E-state index contributed by atoms with van der Waals surface area (Å²) in [7, 11) is 4.63. The second-order valence-corrected chi connectivity index (χ2v) is 7.18. The van der Waals surface area contributed by atoms with Crippen LogP contribution in [-0.2, 0) is 4.79 Å². The predicted molar refractivity (Wildman–Crippen MR) is 108 cm³/mol. The van der Waals surface area contributed by atoms with E-state index in [1.54, 1.807) is 33.5 Å². The summed E-state index contributed by atoms with van der Waals surface area (Å²) >= 11 is 1.48. The van der Waals surface area contributed by atoms with Crippen LogP contribution in [0.25, 0.3) is 0 Å². The van der Waals surface area contributed by atoms with Crippen molar-refractivity contribution in [2.75, 3.05) is 21.3 Å². The van der Waals surface area contributed by atoms with Gasteiger partial charge in [-0.15, -0.1) is 11.8 Å². The van der Waals surface area contributed by atoms with Crippen molar-refractivity contribution in [3.05, 3.63) is 47.5 Å². The molecule has 1 N–H and O–H groups in total. The highest BCUT2D eigenvalue weighted by atomic mass is 32.2. The van der Waals surface area contributed by atoms with Crippen LogP contribution < -0.4 is 19.6 Å². The van der Waals surface area contributed by atoms with Crippen LogP contribution in [0.4, 0.5) is 0 Å². The van der Waals surface area contributed by atoms with Crippen molar-refractivity contribution in [2.45, 2.75) is 24.0 Å². The Morgan fingerprint density at radius 2 is 1.67 bits per heavy atom. The summed E-state index contributed by atoms with van der Waals surface area (Å²) in [5.41, 5.74) is 4.46. The monoisotopic (exact) mass is 388 g/mol. The molecule has 7 heteroatoms. The largest absolute Gasteiger partial charge is 0.493 e. The minimum Gasteiger partial charge on any atom is -0.493 e. The van der Waals surface area contributed by atoms with Gasteiger partial charge in [0, 0.05) is 10.5 Å². The smallest absolute Gasteiger partial charge is 0.253 e. The van der Waals surface area contributed by atoms with Gasteiger partial charge in [-0.2, -0.15) is 5.10 Å². The van der Waals surface area contributed by atoms with Crippen molar-refractivity contribution in [1.82, 2.24) is 5.43 Å². The zero-order valence-corrected chi connectivity index (χ0v) is 16.9. The molecule has 0 aromatic heterocycles. The first-order valence-corrected chi connectivity index (χ1v) is 9.22. The first-order chi connectivity index (χ1) is 13.0. The van der Waals surface area contributed by atoms with Gasteiger partial charge in [-0.3, -0.25) is 4.79 Å². The third-order valence-corrected chi connectivity index (χ3v) is 4.89. The Bertz CT molecular complexity index is 781. The molecule has 0 fully saturated rings. The number of amides is 1. The normalized spacial score (nSPS) is 11.9. The van der Waals surface area contributed by atoms with E-state index in [1.165, 1.54) is 23.5 Å². The van der Waals surface area contributed by atoms with Gasteiger partial charge in [-0.1, -0.05) is 17.7 Å². The van der Waals surface area contributed by atoms with Gasteiger partial charge in [0.25, 0.3) is 5.91 Å². The summed E-state index contributed by atoms with van der Waals surface area (Å²) in [6.07, 6.45) is 1.53. The van der Waals surface area contributed by atoms with E-state index >= 15 is 0 Å². The first kappa shape index (κ1) is 20.6. The SMILES string of the molecule is COc1cc(/C=N\NC(=O)[C@H](C)Sc2ccc(C)cc2)cc(OC)c1OC. The molecule has 1 amide bonds. The summed E-state index contributed by atoms with van der Waals surface area (Å²) in [5, 5.41) is 3.76. The molecular weight excluding hydrogens is 364 g/mol. The fraction of sp³-hybridized carbons (Fsp3) is 0.300. The quantitative estimate of drug-likeness (QED) is 0.425. The number of benzene rings is 2. The highest BCUT2D eigenvalue weighted by Crippen LogP contribution is 2.37. The van der Waals surface area contributed by atoms with Gasteiger partial charge < -0.3 is 14.2 Å². The molecule has 0 saturated heterocycles. The maximum Gasteiger partial charge on any atom is 0.253 e. The van der Waals surface area contributed by atoms with Crippen LogP contribution in [0.2, 0.25) is 0 Å². The van der Waals surface area contributed by atoms with Crippen LogP contribution in [-0.4, -0.2) is 38.7 Å². The predicted octanol–water partition coefficient (Wildman–Crippen LogP) is 3.65. The Hall–Kier alpha value is -2.67. The number of carbonyl (C=O) groups is 1. The average Bonchev–Trinajstić information content (AvgIpc) is 2.68. The van der Waals surface area contributed by atoms with E-state index in [2.05, 4.69) is 10.5 Å². The Balaban J connectivity index is 2.01. The number of hydrogen-bond acceptors (Lipinski definition) is 6. The molecule has 2 rings (SSSR count). The van der Waals surface area contributed by atoms with Crippen LogP contribution in [0, 0.1) is 6.92 Å². The number of aryl methyl sites for hydroxylation is 1. The van der Waals surface area contributed by atoms with Gasteiger partial charge >= 0.3 is 0 Å². The van der Waals surface area contributed by atoms with Crippen molar-refractivity contribution in [2.24, 2.45) is 5.10 Å². The molecule has 0 radical (unpaired) electrons. The lowest BCUT2D eigenvalue weighted by atomic mass is 10.2. The highest BCUT2D eigenvalue weighted by molar-refractivity contribution is 8.00. The van der Waals surface area contributed by atoms with E-state index in [1.807, 2.05) is 38.1 Å². The van der Waals surface area contributed by atoms with Crippen LogP contribution in [0.15, 0.2) is 46.4 Å². The van der Waals surface area contributed by atoms with E-state index in [0.717, 1.165) is 4.90 Å². The zero-order valence-electron chi connectivity index (χ0n) is 16.1. The van der Waals surface area contributed by atoms with Crippen molar-refractivity contribution >= 4 is 23.9 Å². The minimum atomic E-state index is -0.273. The first-order valence-electron chi connectivity index (χ1n) is 8.34. The Kier molecular flexibility index (Phi) is 7.55. The van der Waals surface area contributed by atoms with E-state index in [-0.39, 0.29) is 11.2 Å². The summed E-state index contributed by atoms with van der Waals surface area (Å²) < 4.78 is 15.9. The number of ether oxygens (including phenoxy) is 3. The van der Waals surface area contributed by atoms with Gasteiger partial charge in [0.2, 0.25) is 5.75 Å². The summed E-state index contributed by atoms with van der Waals surface area (Å²) in [5.74, 6) is 1.37. The molecule has 6 nitrogen and oxygen atoms in total. The van der Waals surface area contributed by atoms with Gasteiger partial charge in [-0.05, 0) is 38.1 Å². The maximum atomic E-state index is 12.2. The van der Waals surface area contributed by atoms with E-state index in [9.17, 15) is 4.79 Å². The summed E-state index contributed by atoms with van der Waals surface area (Å²) in [4.78, 5) is 13.3. The van der Waals surface area contributed by atoms with Crippen molar-refractivity contribution in [3.8, 4) is 17.2 Å². The fourth-order valence-electron chi connectivity index (χ4n) is 2.31. The number of nitrogens with zero attached hydrogens (tertiary/aromatic N) is 1. The molecule has 0 aliphatic rings. The van der Waals surface area contributed by atoms with E-state index in [0.29, 0.717) is 22.8 Å². The van der Waals surface area contributed by atoms with Gasteiger partial charge in [-0.25, -0.2) is 5.43 Å². The molecule has 2 aromatic rings. The summed E-state index contributed by atoms with van der Waals surface area (Å²) in [6.45, 7) is 3.87. The number of hydrazone groups is 1. The lowest BCUT2D eigenvalue weighted by Crippen LogP contribution is -2.26. The van der Waals surface area contributed by atoms with Crippen molar-refractivity contribution in [1.29, 1.82) is 0 Å². The van der Waals surface area contributed by atoms with E-state index < -0.39 is 0 Å². The molecule has 27 heavy (non-hydrogen) atoms. The molecule has 0 unspecified atom stereocenters. The molecule has 2 aromatic carbocycles. The molecule has 1 atom stereocenters. The number of methoxy groups -OCH3 is 3. The van der Waals surface area contributed by atoms with Crippen molar-refractivity contribution < 1.29 is 19.0 Å². The van der Waals surface area contributed by atoms with Gasteiger partial charge in [0.05, 0.1) is 32.8 Å². The number of hydrogen-bond donors (Lipinski definition) is 1.